The van der Waals surface area contributed by atoms with Gasteiger partial charge in [0.2, 0.25) is 0 Å². The van der Waals surface area contributed by atoms with E-state index in [4.69, 9.17) is 0 Å². The Balaban J connectivity index is 1.57. The molecule has 0 spiro atoms. The zero-order valence-corrected chi connectivity index (χ0v) is 16.2. The summed E-state index contributed by atoms with van der Waals surface area (Å²) in [5.74, 6) is -0.292. The lowest BCUT2D eigenvalue weighted by Gasteiger charge is -2.27. The molecule has 142 valence electrons. The summed E-state index contributed by atoms with van der Waals surface area (Å²) in [5.41, 5.74) is 1.10. The summed E-state index contributed by atoms with van der Waals surface area (Å²) in [7, 11) is 0. The van der Waals surface area contributed by atoms with Crippen LogP contribution in [-0.2, 0) is 16.9 Å². The number of benzene rings is 3. The topological polar surface area (TPSA) is 62.3 Å². The van der Waals surface area contributed by atoms with Crippen molar-refractivity contribution in [1.29, 1.82) is 0 Å². The SMILES string of the molecule is O=C1NC(c2ccccc2)(c2ccccc2)C(=O)N1Cc1nc2ccccc2s1. The number of rotatable bonds is 4. The Morgan fingerprint density at radius 2 is 1.41 bits per heavy atom. The van der Waals surface area contributed by atoms with E-state index in [0.29, 0.717) is 0 Å². The zero-order chi connectivity index (χ0) is 19.8. The van der Waals surface area contributed by atoms with Gasteiger partial charge >= 0.3 is 6.03 Å². The summed E-state index contributed by atoms with van der Waals surface area (Å²) in [6.07, 6.45) is 0. The van der Waals surface area contributed by atoms with Gasteiger partial charge in [0.1, 0.15) is 5.01 Å². The van der Waals surface area contributed by atoms with E-state index >= 15 is 0 Å². The predicted octanol–water partition coefficient (Wildman–Crippen LogP) is 4.29. The third-order valence-corrected chi connectivity index (χ3v) is 6.17. The number of amides is 3. The number of carbonyl (C=O) groups is 2. The van der Waals surface area contributed by atoms with Crippen LogP contribution in [0.25, 0.3) is 10.2 Å². The summed E-state index contributed by atoms with van der Waals surface area (Å²) in [6, 6.07) is 26.1. The number of nitrogens with zero attached hydrogens (tertiary/aromatic N) is 2. The first-order valence-electron chi connectivity index (χ1n) is 9.28. The highest BCUT2D eigenvalue weighted by Crippen LogP contribution is 2.37. The molecule has 1 saturated heterocycles. The fourth-order valence-electron chi connectivity index (χ4n) is 3.78. The number of aromatic nitrogens is 1. The average Bonchev–Trinajstić information content (AvgIpc) is 3.29. The monoisotopic (exact) mass is 399 g/mol. The van der Waals surface area contributed by atoms with Gasteiger partial charge in [-0.3, -0.25) is 9.69 Å². The average molecular weight is 399 g/mol. The van der Waals surface area contributed by atoms with Crippen LogP contribution in [0.15, 0.2) is 84.9 Å². The molecule has 1 aliphatic heterocycles. The van der Waals surface area contributed by atoms with Gasteiger partial charge in [0.25, 0.3) is 5.91 Å². The first-order chi connectivity index (χ1) is 14.2. The molecule has 4 aromatic rings. The van der Waals surface area contributed by atoms with Gasteiger partial charge in [-0.05, 0) is 23.3 Å². The van der Waals surface area contributed by atoms with Crippen LogP contribution < -0.4 is 5.32 Å². The van der Waals surface area contributed by atoms with Gasteiger partial charge in [0.05, 0.1) is 16.8 Å². The van der Waals surface area contributed by atoms with Crippen molar-refractivity contribution in [3.05, 3.63) is 101 Å². The minimum absolute atomic E-state index is 0.144. The van der Waals surface area contributed by atoms with Crippen molar-refractivity contribution in [2.75, 3.05) is 0 Å². The molecule has 0 atom stereocenters. The lowest BCUT2D eigenvalue weighted by atomic mass is 9.82. The van der Waals surface area contributed by atoms with Crippen LogP contribution in [0.2, 0.25) is 0 Å². The molecular weight excluding hydrogens is 382 g/mol. The molecule has 0 unspecified atom stereocenters. The number of urea groups is 1. The highest BCUT2D eigenvalue weighted by Gasteiger charge is 2.53. The molecule has 3 amide bonds. The maximum atomic E-state index is 13.7. The molecule has 1 aliphatic rings. The van der Waals surface area contributed by atoms with Gasteiger partial charge in [0, 0.05) is 0 Å². The molecule has 5 rings (SSSR count). The van der Waals surface area contributed by atoms with Crippen molar-refractivity contribution in [3.63, 3.8) is 0 Å². The van der Waals surface area contributed by atoms with Gasteiger partial charge < -0.3 is 5.32 Å². The Morgan fingerprint density at radius 3 is 2.03 bits per heavy atom. The highest BCUT2D eigenvalue weighted by atomic mass is 32.1. The molecule has 5 nitrogen and oxygen atoms in total. The normalized spacial score (nSPS) is 15.7. The van der Waals surface area contributed by atoms with Crippen molar-refractivity contribution in [2.24, 2.45) is 0 Å². The van der Waals surface area contributed by atoms with Gasteiger partial charge in [0.15, 0.2) is 5.54 Å². The third-order valence-electron chi connectivity index (χ3n) is 5.15. The van der Waals surface area contributed by atoms with E-state index < -0.39 is 11.6 Å². The molecule has 0 aliphatic carbocycles. The predicted molar refractivity (Wildman–Crippen MR) is 112 cm³/mol. The summed E-state index contributed by atoms with van der Waals surface area (Å²) < 4.78 is 1.03. The minimum atomic E-state index is -1.24. The van der Waals surface area contributed by atoms with Gasteiger partial charge in [-0.2, -0.15) is 0 Å². The second kappa shape index (κ2) is 6.83. The van der Waals surface area contributed by atoms with Crippen molar-refractivity contribution >= 4 is 33.5 Å². The molecule has 0 radical (unpaired) electrons. The smallest absolute Gasteiger partial charge is 0.315 e. The van der Waals surface area contributed by atoms with E-state index in [2.05, 4.69) is 10.3 Å². The van der Waals surface area contributed by atoms with E-state index in [9.17, 15) is 9.59 Å². The van der Waals surface area contributed by atoms with Crippen LogP contribution >= 0.6 is 11.3 Å². The Labute approximate surface area is 171 Å². The largest absolute Gasteiger partial charge is 0.325 e. The third kappa shape index (κ3) is 2.80. The second-order valence-corrected chi connectivity index (χ2v) is 7.99. The maximum absolute atomic E-state index is 13.7. The number of nitrogens with one attached hydrogen (secondary N) is 1. The lowest BCUT2D eigenvalue weighted by Crippen LogP contribution is -2.45. The molecule has 29 heavy (non-hydrogen) atoms. The highest BCUT2D eigenvalue weighted by molar-refractivity contribution is 7.18. The number of para-hydroxylation sites is 1. The van der Waals surface area contributed by atoms with Gasteiger partial charge in [-0.25, -0.2) is 9.78 Å². The fraction of sp³-hybridized carbons (Fsp3) is 0.0870. The van der Waals surface area contributed by atoms with E-state index in [1.165, 1.54) is 16.2 Å². The van der Waals surface area contributed by atoms with Crippen LogP contribution in [-0.4, -0.2) is 21.8 Å². The first kappa shape index (κ1) is 17.6. The van der Waals surface area contributed by atoms with Crippen LogP contribution in [0.5, 0.6) is 0 Å². The molecule has 6 heteroatoms. The lowest BCUT2D eigenvalue weighted by molar-refractivity contribution is -0.130. The number of thiazole rings is 1. The Hall–Kier alpha value is -3.51. The summed E-state index contributed by atoms with van der Waals surface area (Å²) in [6.45, 7) is 0.144. The Morgan fingerprint density at radius 1 is 0.828 bits per heavy atom. The maximum Gasteiger partial charge on any atom is 0.325 e. The standard InChI is InChI=1S/C23H17N3O2S/c27-21-23(16-9-3-1-4-10-16,17-11-5-2-6-12-17)25-22(28)26(21)15-20-24-18-13-7-8-14-19(18)29-20/h1-14H,15H2,(H,25,28). The molecule has 0 bridgehead atoms. The molecule has 1 aromatic heterocycles. The quantitative estimate of drug-likeness (QED) is 0.521. The number of carbonyl (C=O) groups excluding carboxylic acids is 2. The molecule has 3 aromatic carbocycles. The van der Waals surface area contributed by atoms with Gasteiger partial charge in [-0.15, -0.1) is 11.3 Å². The number of fused-ring (bicyclic) bond motifs is 1. The molecule has 2 heterocycles. The molecule has 1 N–H and O–H groups in total. The van der Waals surface area contributed by atoms with Crippen LogP contribution in [0.1, 0.15) is 16.1 Å². The molecular formula is C23H17N3O2S. The van der Waals surface area contributed by atoms with Crippen molar-refractivity contribution in [2.45, 2.75) is 12.1 Å². The van der Waals surface area contributed by atoms with E-state index in [-0.39, 0.29) is 12.5 Å². The summed E-state index contributed by atoms with van der Waals surface area (Å²) >= 11 is 1.49. The fourth-order valence-corrected chi connectivity index (χ4v) is 4.73. The first-order valence-corrected chi connectivity index (χ1v) is 10.1. The number of hydrogen-bond donors (Lipinski definition) is 1. The Bertz CT molecular complexity index is 1130. The van der Waals surface area contributed by atoms with E-state index in [1.54, 1.807) is 0 Å². The number of hydrogen-bond acceptors (Lipinski definition) is 4. The Kier molecular flexibility index (Phi) is 4.14. The van der Waals surface area contributed by atoms with Crippen LogP contribution in [0, 0.1) is 0 Å². The molecule has 1 fully saturated rings. The summed E-state index contributed by atoms with van der Waals surface area (Å²) in [5, 5.41) is 3.70. The number of imide groups is 1. The van der Waals surface area contributed by atoms with Crippen molar-refractivity contribution in [1.82, 2.24) is 15.2 Å². The van der Waals surface area contributed by atoms with Gasteiger partial charge in [-0.1, -0.05) is 72.8 Å². The van der Waals surface area contributed by atoms with E-state index in [0.717, 1.165) is 26.4 Å². The van der Waals surface area contributed by atoms with Crippen molar-refractivity contribution in [3.8, 4) is 0 Å². The van der Waals surface area contributed by atoms with E-state index in [1.807, 2.05) is 84.9 Å². The minimum Gasteiger partial charge on any atom is -0.315 e. The van der Waals surface area contributed by atoms with Crippen molar-refractivity contribution < 1.29 is 9.59 Å². The zero-order valence-electron chi connectivity index (χ0n) is 15.4. The second-order valence-electron chi connectivity index (χ2n) is 6.88. The van der Waals surface area contributed by atoms with Crippen LogP contribution in [0.4, 0.5) is 4.79 Å². The summed E-state index contributed by atoms with van der Waals surface area (Å²) in [4.78, 5) is 32.5. The molecule has 0 saturated carbocycles. The van der Waals surface area contributed by atoms with Crippen LogP contribution in [0.3, 0.4) is 0 Å².